The Morgan fingerprint density at radius 3 is 2.58 bits per heavy atom. The Bertz CT molecular complexity index is 1210. The SMILES string of the molecule is COc1c(CCC(=O)O)cc(-c2ccc(NCc3cccc(OC(F)(F)F)c3)nc2)cc1C1COC1. The molecule has 10 heteroatoms. The van der Waals surface area contributed by atoms with Crippen LogP contribution in [0.5, 0.6) is 11.5 Å². The lowest BCUT2D eigenvalue weighted by Crippen LogP contribution is -2.26. The molecule has 2 N–H and O–H groups in total. The lowest BCUT2D eigenvalue weighted by atomic mass is 9.89. The van der Waals surface area contributed by atoms with Crippen LogP contribution in [0.4, 0.5) is 19.0 Å². The zero-order valence-electron chi connectivity index (χ0n) is 19.5. The average molecular weight is 502 g/mol. The van der Waals surface area contributed by atoms with Gasteiger partial charge in [-0.05, 0) is 59.5 Å². The van der Waals surface area contributed by atoms with Crippen LogP contribution in [0, 0.1) is 0 Å². The minimum Gasteiger partial charge on any atom is -0.496 e. The summed E-state index contributed by atoms with van der Waals surface area (Å²) in [5, 5.41) is 12.2. The molecule has 0 aliphatic carbocycles. The number of carboxylic acids is 1. The van der Waals surface area contributed by atoms with E-state index in [2.05, 4.69) is 15.0 Å². The van der Waals surface area contributed by atoms with Crippen molar-refractivity contribution < 1.29 is 37.3 Å². The zero-order chi connectivity index (χ0) is 25.7. The maximum absolute atomic E-state index is 12.5. The van der Waals surface area contributed by atoms with E-state index in [-0.39, 0.29) is 24.6 Å². The maximum Gasteiger partial charge on any atom is 0.573 e. The van der Waals surface area contributed by atoms with Gasteiger partial charge < -0.3 is 24.6 Å². The number of alkyl halides is 3. The molecule has 7 nitrogen and oxygen atoms in total. The Balaban J connectivity index is 1.51. The van der Waals surface area contributed by atoms with Crippen LogP contribution in [0.2, 0.25) is 0 Å². The van der Waals surface area contributed by atoms with Gasteiger partial charge in [-0.1, -0.05) is 12.1 Å². The van der Waals surface area contributed by atoms with Gasteiger partial charge in [-0.25, -0.2) is 4.98 Å². The number of carboxylic acid groups (broad SMARTS) is 1. The van der Waals surface area contributed by atoms with Crippen molar-refractivity contribution in [3.05, 3.63) is 71.4 Å². The number of aryl methyl sites for hydroxylation is 1. The highest BCUT2D eigenvalue weighted by molar-refractivity contribution is 5.70. The number of anilines is 1. The van der Waals surface area contributed by atoms with Crippen LogP contribution in [0.25, 0.3) is 11.1 Å². The summed E-state index contributed by atoms with van der Waals surface area (Å²) in [7, 11) is 1.58. The minimum atomic E-state index is -4.75. The molecule has 0 spiro atoms. The van der Waals surface area contributed by atoms with E-state index in [0.29, 0.717) is 36.8 Å². The molecule has 0 unspecified atom stereocenters. The van der Waals surface area contributed by atoms with Crippen LogP contribution in [0.3, 0.4) is 0 Å². The quantitative estimate of drug-likeness (QED) is 0.384. The Morgan fingerprint density at radius 1 is 1.17 bits per heavy atom. The van der Waals surface area contributed by atoms with Crippen LogP contribution in [0.15, 0.2) is 54.7 Å². The molecule has 2 aromatic carbocycles. The highest BCUT2D eigenvalue weighted by atomic mass is 19.4. The summed E-state index contributed by atoms with van der Waals surface area (Å²) < 4.78 is 52.3. The van der Waals surface area contributed by atoms with Crippen LogP contribution >= 0.6 is 0 Å². The molecule has 0 atom stereocenters. The molecule has 1 saturated heterocycles. The lowest BCUT2D eigenvalue weighted by Gasteiger charge is -2.29. The number of carbonyl (C=O) groups is 1. The van der Waals surface area contributed by atoms with Gasteiger partial charge in [0, 0.05) is 36.2 Å². The molecule has 3 aromatic rings. The summed E-state index contributed by atoms with van der Waals surface area (Å²) in [5.74, 6) is 0.249. The number of aromatic nitrogens is 1. The van der Waals surface area contributed by atoms with E-state index in [1.807, 2.05) is 18.2 Å². The van der Waals surface area contributed by atoms with Gasteiger partial charge in [-0.3, -0.25) is 4.79 Å². The summed E-state index contributed by atoms with van der Waals surface area (Å²) in [6, 6.07) is 13.3. The van der Waals surface area contributed by atoms with Gasteiger partial charge in [0.1, 0.15) is 17.3 Å². The number of aliphatic carboxylic acids is 1. The summed E-state index contributed by atoms with van der Waals surface area (Å²) >= 11 is 0. The Morgan fingerprint density at radius 2 is 1.97 bits per heavy atom. The number of nitrogens with one attached hydrogen (secondary N) is 1. The number of benzene rings is 2. The van der Waals surface area contributed by atoms with E-state index in [1.165, 1.54) is 18.2 Å². The molecule has 2 heterocycles. The maximum atomic E-state index is 12.5. The predicted octanol–water partition coefficient (Wildman–Crippen LogP) is 5.40. The summed E-state index contributed by atoms with van der Waals surface area (Å²) in [6.45, 7) is 1.41. The van der Waals surface area contributed by atoms with Crippen LogP contribution in [-0.4, -0.2) is 42.7 Å². The van der Waals surface area contributed by atoms with Crippen molar-refractivity contribution in [1.29, 1.82) is 0 Å². The second-order valence-corrected chi connectivity index (χ2v) is 8.37. The number of hydrogen-bond acceptors (Lipinski definition) is 6. The number of halogens is 3. The fourth-order valence-electron chi connectivity index (χ4n) is 3.99. The van der Waals surface area contributed by atoms with Gasteiger partial charge in [0.2, 0.25) is 0 Å². The molecule has 1 aliphatic rings. The van der Waals surface area contributed by atoms with E-state index in [9.17, 15) is 18.0 Å². The number of pyridine rings is 1. The number of rotatable bonds is 10. The molecular formula is C26H25F3N2O5. The smallest absolute Gasteiger partial charge is 0.496 e. The largest absolute Gasteiger partial charge is 0.573 e. The van der Waals surface area contributed by atoms with Crippen molar-refractivity contribution >= 4 is 11.8 Å². The Kier molecular flexibility index (Phi) is 7.64. The molecule has 0 saturated carbocycles. The van der Waals surface area contributed by atoms with Crippen molar-refractivity contribution in [2.75, 3.05) is 25.6 Å². The molecule has 1 aliphatic heterocycles. The van der Waals surface area contributed by atoms with Crippen molar-refractivity contribution in [2.24, 2.45) is 0 Å². The number of hydrogen-bond donors (Lipinski definition) is 2. The van der Waals surface area contributed by atoms with E-state index in [0.717, 1.165) is 22.3 Å². The van der Waals surface area contributed by atoms with E-state index >= 15 is 0 Å². The highest BCUT2D eigenvalue weighted by Gasteiger charge is 2.31. The van der Waals surface area contributed by atoms with Crippen molar-refractivity contribution in [3.63, 3.8) is 0 Å². The topological polar surface area (TPSA) is 89.9 Å². The molecule has 1 fully saturated rings. The van der Waals surface area contributed by atoms with Crippen molar-refractivity contribution in [1.82, 2.24) is 4.98 Å². The minimum absolute atomic E-state index is 0.0171. The van der Waals surface area contributed by atoms with E-state index in [1.54, 1.807) is 25.4 Å². The number of nitrogens with zero attached hydrogens (tertiary/aromatic N) is 1. The molecule has 190 valence electrons. The van der Waals surface area contributed by atoms with Gasteiger partial charge >= 0.3 is 12.3 Å². The first-order valence-electron chi connectivity index (χ1n) is 11.3. The number of methoxy groups -OCH3 is 1. The molecule has 0 amide bonds. The van der Waals surface area contributed by atoms with Gasteiger partial charge in [-0.15, -0.1) is 13.2 Å². The predicted molar refractivity (Wildman–Crippen MR) is 126 cm³/mol. The Hall–Kier alpha value is -3.79. The lowest BCUT2D eigenvalue weighted by molar-refractivity contribution is -0.274. The summed E-state index contributed by atoms with van der Waals surface area (Å²) in [5.41, 5.74) is 4.11. The monoisotopic (exact) mass is 502 g/mol. The molecule has 0 radical (unpaired) electrons. The van der Waals surface area contributed by atoms with Crippen LogP contribution < -0.4 is 14.8 Å². The third-order valence-corrected chi connectivity index (χ3v) is 5.79. The molecule has 4 rings (SSSR count). The second kappa shape index (κ2) is 10.9. The zero-order valence-corrected chi connectivity index (χ0v) is 19.5. The first-order chi connectivity index (χ1) is 17.2. The first-order valence-corrected chi connectivity index (χ1v) is 11.3. The second-order valence-electron chi connectivity index (χ2n) is 8.37. The van der Waals surface area contributed by atoms with Gasteiger partial charge in [-0.2, -0.15) is 0 Å². The van der Waals surface area contributed by atoms with Crippen LogP contribution in [-0.2, 0) is 22.5 Å². The van der Waals surface area contributed by atoms with Gasteiger partial charge in [0.25, 0.3) is 0 Å². The molecule has 36 heavy (non-hydrogen) atoms. The third kappa shape index (κ3) is 6.45. The van der Waals surface area contributed by atoms with Gasteiger partial charge in [0.15, 0.2) is 0 Å². The summed E-state index contributed by atoms with van der Waals surface area (Å²) in [4.78, 5) is 15.6. The fraction of sp³-hybridized carbons (Fsp3) is 0.308. The average Bonchev–Trinajstić information content (AvgIpc) is 2.79. The highest BCUT2D eigenvalue weighted by Crippen LogP contribution is 2.38. The van der Waals surface area contributed by atoms with Crippen LogP contribution in [0.1, 0.15) is 29.0 Å². The molecular weight excluding hydrogens is 477 g/mol. The van der Waals surface area contributed by atoms with E-state index < -0.39 is 12.3 Å². The standard InChI is InChI=1S/C26H25F3N2O5/c1-34-25-17(6-8-24(32)33)10-19(11-22(25)20-14-35-15-20)18-5-7-23(31-13-18)30-12-16-3-2-4-21(9-16)36-26(27,28)29/h2-5,7,9-11,13,20H,6,8,12,14-15H2,1H3,(H,30,31)(H,32,33). The first kappa shape index (κ1) is 25.3. The van der Waals surface area contributed by atoms with Crippen molar-refractivity contribution in [2.45, 2.75) is 31.7 Å². The molecule has 1 aromatic heterocycles. The third-order valence-electron chi connectivity index (χ3n) is 5.79. The fourth-order valence-corrected chi connectivity index (χ4v) is 3.99. The Labute approximate surface area is 205 Å². The van der Waals surface area contributed by atoms with Gasteiger partial charge in [0.05, 0.1) is 20.3 Å². The number of ether oxygens (including phenoxy) is 3. The molecule has 0 bridgehead atoms. The van der Waals surface area contributed by atoms with E-state index in [4.69, 9.17) is 14.6 Å². The van der Waals surface area contributed by atoms with Crippen molar-refractivity contribution in [3.8, 4) is 22.6 Å². The normalized spacial score (nSPS) is 13.7. The summed E-state index contributed by atoms with van der Waals surface area (Å²) in [6.07, 6.45) is -2.74.